The number of benzene rings is 3. The number of carboxylic acids is 1. The van der Waals surface area contributed by atoms with Gasteiger partial charge in [0.25, 0.3) is 11.8 Å². The van der Waals surface area contributed by atoms with Crippen molar-refractivity contribution in [3.8, 4) is 0 Å². The van der Waals surface area contributed by atoms with Crippen molar-refractivity contribution in [3.05, 3.63) is 95.1 Å². The molecule has 226 valence electrons. The number of aryl methyl sites for hydroxylation is 1. The molecule has 1 saturated heterocycles. The zero-order chi connectivity index (χ0) is 31.1. The summed E-state index contributed by atoms with van der Waals surface area (Å²) in [4.78, 5) is 55.0. The van der Waals surface area contributed by atoms with Crippen LogP contribution in [0.15, 0.2) is 72.8 Å². The molecule has 1 aliphatic rings. The summed E-state index contributed by atoms with van der Waals surface area (Å²) >= 11 is 0. The summed E-state index contributed by atoms with van der Waals surface area (Å²) in [6, 6.07) is 20.5. The first kappa shape index (κ1) is 31.3. The van der Waals surface area contributed by atoms with Gasteiger partial charge in [0.2, 0.25) is 5.91 Å². The topological polar surface area (TPSA) is 119 Å². The monoisotopic (exact) mass is 584 g/mol. The molecule has 1 unspecified atom stereocenters. The highest BCUT2D eigenvalue weighted by atomic mass is 16.4. The van der Waals surface area contributed by atoms with Gasteiger partial charge in [-0.05, 0) is 48.2 Å². The maximum absolute atomic E-state index is 13.4. The number of aliphatic carboxylic acids is 1. The van der Waals surface area contributed by atoms with E-state index in [1.165, 1.54) is 0 Å². The lowest BCUT2D eigenvalue weighted by atomic mass is 9.91. The lowest BCUT2D eigenvalue weighted by Crippen LogP contribution is -2.49. The smallest absolute Gasteiger partial charge is 0.305 e. The number of hydrogen-bond acceptors (Lipinski definition) is 5. The molecule has 0 aromatic heterocycles. The van der Waals surface area contributed by atoms with E-state index in [2.05, 4.69) is 15.5 Å². The van der Waals surface area contributed by atoms with Gasteiger partial charge >= 0.3 is 5.97 Å². The van der Waals surface area contributed by atoms with Crippen LogP contribution in [0.2, 0.25) is 0 Å². The molecule has 1 fully saturated rings. The molecule has 1 heterocycles. The van der Waals surface area contributed by atoms with Crippen LogP contribution < -0.4 is 15.5 Å². The minimum absolute atomic E-state index is 0.0948. The average Bonchev–Trinajstić information content (AvgIpc) is 2.96. The number of hydrogen-bond donors (Lipinski definition) is 3. The molecule has 43 heavy (non-hydrogen) atoms. The summed E-state index contributed by atoms with van der Waals surface area (Å²) in [6.07, 6.45) is 0.198. The fourth-order valence-corrected chi connectivity index (χ4v) is 5.07. The van der Waals surface area contributed by atoms with Crippen LogP contribution in [-0.2, 0) is 9.59 Å². The Morgan fingerprint density at radius 3 is 2.09 bits per heavy atom. The Morgan fingerprint density at radius 1 is 0.837 bits per heavy atom. The van der Waals surface area contributed by atoms with Gasteiger partial charge in [-0.2, -0.15) is 0 Å². The molecule has 4 rings (SSSR count). The van der Waals surface area contributed by atoms with Crippen LogP contribution in [0.4, 0.5) is 11.4 Å². The summed E-state index contributed by atoms with van der Waals surface area (Å²) in [5, 5.41) is 15.3. The Balaban J connectivity index is 1.58. The molecule has 1 aliphatic heterocycles. The van der Waals surface area contributed by atoms with Crippen molar-refractivity contribution in [2.75, 3.05) is 36.4 Å². The zero-order valence-electron chi connectivity index (χ0n) is 25.2. The molecule has 0 aliphatic carbocycles. The maximum atomic E-state index is 13.4. The first-order valence-electron chi connectivity index (χ1n) is 14.5. The zero-order valence-corrected chi connectivity index (χ0v) is 25.2. The van der Waals surface area contributed by atoms with E-state index in [-0.39, 0.29) is 29.2 Å². The molecule has 3 aromatic rings. The van der Waals surface area contributed by atoms with Crippen molar-refractivity contribution in [1.82, 2.24) is 10.2 Å². The lowest BCUT2D eigenvalue weighted by molar-refractivity contribution is -0.137. The van der Waals surface area contributed by atoms with E-state index in [1.807, 2.05) is 62.9 Å². The van der Waals surface area contributed by atoms with Crippen molar-refractivity contribution in [2.45, 2.75) is 46.6 Å². The molecule has 3 amide bonds. The molecule has 9 nitrogen and oxygen atoms in total. The van der Waals surface area contributed by atoms with E-state index in [0.717, 1.165) is 11.3 Å². The first-order valence-corrected chi connectivity index (χ1v) is 14.5. The number of nitrogens with zero attached hydrogens (tertiary/aromatic N) is 2. The van der Waals surface area contributed by atoms with Gasteiger partial charge in [-0.3, -0.25) is 19.2 Å². The van der Waals surface area contributed by atoms with Crippen molar-refractivity contribution < 1.29 is 24.3 Å². The highest BCUT2D eigenvalue weighted by molar-refractivity contribution is 6.07. The van der Waals surface area contributed by atoms with Gasteiger partial charge in [0, 0.05) is 43.7 Å². The lowest BCUT2D eigenvalue weighted by Gasteiger charge is -2.38. The van der Waals surface area contributed by atoms with Gasteiger partial charge < -0.3 is 25.5 Å². The normalized spacial score (nSPS) is 14.1. The Bertz CT molecular complexity index is 1460. The second kappa shape index (κ2) is 13.5. The third-order valence-corrected chi connectivity index (χ3v) is 7.36. The SMILES string of the molecule is Cc1ccc(C(CC(=O)O)NC(=O)c2ccc(N3CCN(C(=O)CC(C)(C)C)CC3)c(NC(=O)c3ccccc3)c2)cc1. The summed E-state index contributed by atoms with van der Waals surface area (Å²) in [7, 11) is 0. The minimum atomic E-state index is -1.03. The van der Waals surface area contributed by atoms with Gasteiger partial charge in [0.05, 0.1) is 23.8 Å². The molecular formula is C34H40N4O5. The van der Waals surface area contributed by atoms with Gasteiger partial charge in [-0.25, -0.2) is 0 Å². The van der Waals surface area contributed by atoms with Crippen LogP contribution in [0.3, 0.4) is 0 Å². The molecule has 0 saturated carbocycles. The quantitative estimate of drug-likeness (QED) is 0.315. The highest BCUT2D eigenvalue weighted by Gasteiger charge is 2.27. The average molecular weight is 585 g/mol. The fraction of sp³-hybridized carbons (Fsp3) is 0.353. The van der Waals surface area contributed by atoms with Crippen molar-refractivity contribution in [1.29, 1.82) is 0 Å². The van der Waals surface area contributed by atoms with Crippen molar-refractivity contribution in [3.63, 3.8) is 0 Å². The summed E-state index contributed by atoms with van der Waals surface area (Å²) in [5.41, 5.74) is 3.58. The Hall–Kier alpha value is -4.66. The predicted octanol–water partition coefficient (Wildman–Crippen LogP) is 5.28. The summed E-state index contributed by atoms with van der Waals surface area (Å²) in [5.74, 6) is -1.67. The predicted molar refractivity (Wildman–Crippen MR) is 167 cm³/mol. The molecular weight excluding hydrogens is 544 g/mol. The van der Waals surface area contributed by atoms with E-state index in [9.17, 15) is 24.3 Å². The number of carbonyl (C=O) groups is 4. The van der Waals surface area contributed by atoms with Gasteiger partial charge in [0.15, 0.2) is 0 Å². The van der Waals surface area contributed by atoms with E-state index >= 15 is 0 Å². The molecule has 0 radical (unpaired) electrons. The van der Waals surface area contributed by atoms with Gasteiger partial charge in [-0.15, -0.1) is 0 Å². The summed E-state index contributed by atoms with van der Waals surface area (Å²) in [6.45, 7) is 10.3. The standard InChI is InChI=1S/C34H40N4O5/c1-23-10-12-24(13-11-23)27(21-31(40)41)35-33(43)26-14-15-29(28(20-26)36-32(42)25-8-6-5-7-9-25)37-16-18-38(19-17-37)30(39)22-34(2,3)4/h5-15,20,27H,16-19,21-22H2,1-4H3,(H,35,43)(H,36,42)(H,40,41). The summed E-state index contributed by atoms with van der Waals surface area (Å²) < 4.78 is 0. The Morgan fingerprint density at radius 2 is 1.49 bits per heavy atom. The fourth-order valence-electron chi connectivity index (χ4n) is 5.07. The molecule has 0 bridgehead atoms. The van der Waals surface area contributed by atoms with Crippen molar-refractivity contribution in [2.24, 2.45) is 5.41 Å². The third-order valence-electron chi connectivity index (χ3n) is 7.36. The number of carbonyl (C=O) groups excluding carboxylic acids is 3. The van der Waals surface area contributed by atoms with Crippen LogP contribution in [0.25, 0.3) is 0 Å². The Labute approximate surface area is 252 Å². The third kappa shape index (κ3) is 8.67. The van der Waals surface area contributed by atoms with Crippen molar-refractivity contribution >= 4 is 35.1 Å². The van der Waals surface area contributed by atoms with Crippen LogP contribution in [0.1, 0.15) is 71.5 Å². The minimum Gasteiger partial charge on any atom is -0.481 e. The van der Waals surface area contributed by atoms with Crippen LogP contribution >= 0.6 is 0 Å². The molecule has 1 atom stereocenters. The molecule has 0 spiro atoms. The highest BCUT2D eigenvalue weighted by Crippen LogP contribution is 2.30. The maximum Gasteiger partial charge on any atom is 0.305 e. The molecule has 9 heteroatoms. The van der Waals surface area contributed by atoms with Crippen LogP contribution in [0.5, 0.6) is 0 Å². The van der Waals surface area contributed by atoms with E-state index < -0.39 is 17.9 Å². The van der Waals surface area contributed by atoms with Crippen LogP contribution in [-0.4, -0.2) is 59.9 Å². The Kier molecular flexibility index (Phi) is 9.85. The number of carboxylic acid groups (broad SMARTS) is 1. The number of anilines is 2. The second-order valence-electron chi connectivity index (χ2n) is 12.2. The van der Waals surface area contributed by atoms with Crippen LogP contribution in [0, 0.1) is 12.3 Å². The molecule has 3 aromatic carbocycles. The first-order chi connectivity index (χ1) is 20.4. The van der Waals surface area contributed by atoms with E-state index in [4.69, 9.17) is 0 Å². The van der Waals surface area contributed by atoms with E-state index in [0.29, 0.717) is 49.4 Å². The number of rotatable bonds is 9. The number of piperazine rings is 1. The number of nitrogens with one attached hydrogen (secondary N) is 2. The van der Waals surface area contributed by atoms with Gasteiger partial charge in [-0.1, -0.05) is 68.8 Å². The van der Waals surface area contributed by atoms with Gasteiger partial charge in [0.1, 0.15) is 0 Å². The second-order valence-corrected chi connectivity index (χ2v) is 12.2. The number of amides is 3. The largest absolute Gasteiger partial charge is 0.481 e. The van der Waals surface area contributed by atoms with E-state index in [1.54, 1.807) is 42.5 Å². The molecule has 3 N–H and O–H groups in total.